The molecule has 1 saturated heterocycles. The van der Waals surface area contributed by atoms with Gasteiger partial charge in [-0.2, -0.15) is 9.83 Å². The highest BCUT2D eigenvalue weighted by Gasteiger charge is 2.32. The van der Waals surface area contributed by atoms with E-state index < -0.39 is 0 Å². The Kier molecular flexibility index (Phi) is 6.04. The minimum atomic E-state index is -0.165. The molecule has 9 heteroatoms. The van der Waals surface area contributed by atoms with Crippen molar-refractivity contribution in [1.82, 2.24) is 14.6 Å². The maximum absolute atomic E-state index is 13.6. The fourth-order valence-corrected chi connectivity index (χ4v) is 5.46. The minimum absolute atomic E-state index is 0.0592. The van der Waals surface area contributed by atoms with Crippen molar-refractivity contribution < 1.29 is 5.21 Å². The largest absolute Gasteiger partial charge is 0.428 e. The molecule has 5 rings (SSSR count). The van der Waals surface area contributed by atoms with Gasteiger partial charge in [-0.15, -0.1) is 0 Å². The number of halogens is 3. The van der Waals surface area contributed by atoms with Gasteiger partial charge >= 0.3 is 0 Å². The lowest BCUT2D eigenvalue weighted by Gasteiger charge is -2.33. The summed E-state index contributed by atoms with van der Waals surface area (Å²) >= 11 is 18.8. The molecule has 1 unspecified atom stereocenters. The van der Waals surface area contributed by atoms with Gasteiger partial charge in [-0.3, -0.25) is 9.80 Å². The molecule has 1 N–H and O–H groups in total. The minimum Gasteiger partial charge on any atom is -0.428 e. The molecule has 2 aliphatic rings. The Bertz CT molecular complexity index is 1330. The van der Waals surface area contributed by atoms with Gasteiger partial charge in [0.15, 0.2) is 5.43 Å². The number of pyridine rings is 1. The van der Waals surface area contributed by atoms with Gasteiger partial charge in [0.2, 0.25) is 0 Å². The van der Waals surface area contributed by atoms with Gasteiger partial charge in [0.25, 0.3) is 0 Å². The number of aromatic nitrogens is 1. The number of hydrogen-bond donors (Lipinski definition) is 1. The summed E-state index contributed by atoms with van der Waals surface area (Å²) in [5.41, 5.74) is 2.82. The van der Waals surface area contributed by atoms with Crippen molar-refractivity contribution in [2.45, 2.75) is 18.8 Å². The number of hydrazone groups is 1. The molecule has 6 nitrogen and oxygen atoms in total. The molecule has 0 bridgehead atoms. The lowest BCUT2D eigenvalue weighted by molar-refractivity contribution is 0.158. The second-order valence-electron chi connectivity index (χ2n) is 8.70. The number of fused-ring (bicyclic) bond motifs is 2. The first-order chi connectivity index (χ1) is 15.8. The van der Waals surface area contributed by atoms with Gasteiger partial charge in [0, 0.05) is 41.2 Å². The highest BCUT2D eigenvalue weighted by Crippen LogP contribution is 2.37. The van der Waals surface area contributed by atoms with Crippen LogP contribution < -0.4 is 5.43 Å². The van der Waals surface area contributed by atoms with E-state index in [4.69, 9.17) is 39.9 Å². The molecule has 1 aliphatic heterocycles. The van der Waals surface area contributed by atoms with Gasteiger partial charge < -0.3 is 10.1 Å². The molecule has 3 aromatic rings. The van der Waals surface area contributed by atoms with Crippen LogP contribution in [-0.2, 0) is 6.42 Å². The van der Waals surface area contributed by atoms with Crippen LogP contribution in [0.1, 0.15) is 29.2 Å². The van der Waals surface area contributed by atoms with Crippen LogP contribution in [-0.4, -0.2) is 58.8 Å². The first kappa shape index (κ1) is 22.5. The predicted molar refractivity (Wildman–Crippen MR) is 134 cm³/mol. The van der Waals surface area contributed by atoms with Gasteiger partial charge in [-0.1, -0.05) is 40.9 Å². The Morgan fingerprint density at radius 1 is 0.970 bits per heavy atom. The van der Waals surface area contributed by atoms with Crippen LogP contribution >= 0.6 is 34.8 Å². The standard InChI is InChI=1S/C24H23Cl3N4O2/c1-29-6-8-30(9-7-29)28-20-10-14(17-4-2-16(26)13-19(17)27)11-22-23(20)24(32)18-12-15(25)3-5-21(18)31(22)33/h2-5,12-14,33H,6-11H2,1H3/b28-20+. The summed E-state index contributed by atoms with van der Waals surface area (Å²) in [5.74, 6) is -0.0592. The van der Waals surface area contributed by atoms with Crippen molar-refractivity contribution >= 4 is 51.4 Å². The van der Waals surface area contributed by atoms with E-state index in [1.807, 2.05) is 17.1 Å². The first-order valence-electron chi connectivity index (χ1n) is 10.8. The Morgan fingerprint density at radius 3 is 2.39 bits per heavy atom. The summed E-state index contributed by atoms with van der Waals surface area (Å²) in [5, 5.41) is 20.0. The fourth-order valence-electron chi connectivity index (χ4n) is 4.73. The van der Waals surface area contributed by atoms with Crippen LogP contribution in [0, 0.1) is 0 Å². The van der Waals surface area contributed by atoms with Crippen LogP contribution in [0.3, 0.4) is 0 Å². The number of piperazine rings is 1. The van der Waals surface area contributed by atoms with E-state index in [1.165, 1.54) is 0 Å². The molecule has 2 aromatic carbocycles. The summed E-state index contributed by atoms with van der Waals surface area (Å²) < 4.78 is 1.11. The van der Waals surface area contributed by atoms with Crippen LogP contribution in [0.2, 0.25) is 15.1 Å². The molecule has 0 amide bonds. The van der Waals surface area contributed by atoms with E-state index in [0.29, 0.717) is 55.8 Å². The summed E-state index contributed by atoms with van der Waals surface area (Å²) in [6.45, 7) is 3.34. The Balaban J connectivity index is 1.69. The van der Waals surface area contributed by atoms with Crippen molar-refractivity contribution in [3.05, 3.63) is 78.5 Å². The lowest BCUT2D eigenvalue weighted by atomic mass is 9.80. The number of nitrogens with zero attached hydrogens (tertiary/aromatic N) is 4. The average molecular weight is 506 g/mol. The lowest BCUT2D eigenvalue weighted by Crippen LogP contribution is -2.43. The van der Waals surface area contributed by atoms with E-state index in [0.717, 1.165) is 36.5 Å². The van der Waals surface area contributed by atoms with Crippen LogP contribution in [0.5, 0.6) is 0 Å². The maximum atomic E-state index is 13.6. The second-order valence-corrected chi connectivity index (χ2v) is 9.98. The van der Waals surface area contributed by atoms with E-state index >= 15 is 0 Å². The zero-order chi connectivity index (χ0) is 23.3. The predicted octanol–water partition coefficient (Wildman–Crippen LogP) is 4.88. The molecule has 0 spiro atoms. The maximum Gasteiger partial charge on any atom is 0.199 e. The molecule has 1 aliphatic carbocycles. The average Bonchev–Trinajstić information content (AvgIpc) is 2.78. The molecule has 33 heavy (non-hydrogen) atoms. The summed E-state index contributed by atoms with van der Waals surface area (Å²) in [4.78, 5) is 15.9. The van der Waals surface area contributed by atoms with Crippen molar-refractivity contribution in [2.75, 3.05) is 33.2 Å². The first-order valence-corrected chi connectivity index (χ1v) is 12.0. The third-order valence-corrected chi connectivity index (χ3v) is 7.31. The van der Waals surface area contributed by atoms with Crippen LogP contribution in [0.4, 0.5) is 0 Å². The highest BCUT2D eigenvalue weighted by molar-refractivity contribution is 6.35. The van der Waals surface area contributed by atoms with Gasteiger partial charge in [-0.05, 0) is 61.7 Å². The molecule has 1 aromatic heterocycles. The third-order valence-electron chi connectivity index (χ3n) is 6.51. The summed E-state index contributed by atoms with van der Waals surface area (Å²) in [6.07, 6.45) is 0.977. The van der Waals surface area contributed by atoms with Crippen molar-refractivity contribution in [2.24, 2.45) is 5.10 Å². The molecule has 0 saturated carbocycles. The Morgan fingerprint density at radius 2 is 1.67 bits per heavy atom. The molecule has 2 heterocycles. The molecule has 0 radical (unpaired) electrons. The number of benzene rings is 2. The van der Waals surface area contributed by atoms with Crippen LogP contribution in [0.25, 0.3) is 10.9 Å². The monoisotopic (exact) mass is 504 g/mol. The molecular formula is C24H23Cl3N4O2. The van der Waals surface area contributed by atoms with Gasteiger partial charge in [-0.25, -0.2) is 0 Å². The topological polar surface area (TPSA) is 61.1 Å². The normalized spacial score (nSPS) is 20.4. The number of likely N-dealkylation sites (N-methyl/N-ethyl adjacent to an activating group) is 1. The second kappa shape index (κ2) is 8.84. The van der Waals surface area contributed by atoms with Crippen LogP contribution in [0.15, 0.2) is 46.3 Å². The zero-order valence-electron chi connectivity index (χ0n) is 18.1. The molecule has 172 valence electrons. The number of rotatable bonds is 2. The number of hydrogen-bond acceptors (Lipinski definition) is 5. The van der Waals surface area contributed by atoms with E-state index in [9.17, 15) is 10.0 Å². The van der Waals surface area contributed by atoms with Crippen molar-refractivity contribution in [1.29, 1.82) is 0 Å². The molecule has 1 atom stereocenters. The zero-order valence-corrected chi connectivity index (χ0v) is 20.3. The van der Waals surface area contributed by atoms with Crippen molar-refractivity contribution in [3.8, 4) is 0 Å². The molecule has 1 fully saturated rings. The Hall–Kier alpha value is -2.25. The van der Waals surface area contributed by atoms with Gasteiger partial charge in [0.1, 0.15) is 0 Å². The van der Waals surface area contributed by atoms with E-state index in [-0.39, 0.29) is 11.3 Å². The highest BCUT2D eigenvalue weighted by atomic mass is 35.5. The quantitative estimate of drug-likeness (QED) is 0.504. The third kappa shape index (κ3) is 4.21. The van der Waals surface area contributed by atoms with Gasteiger partial charge in [0.05, 0.1) is 27.9 Å². The summed E-state index contributed by atoms with van der Waals surface area (Å²) in [6, 6.07) is 10.4. The summed E-state index contributed by atoms with van der Waals surface area (Å²) in [7, 11) is 2.08. The van der Waals surface area contributed by atoms with Crippen molar-refractivity contribution in [3.63, 3.8) is 0 Å². The Labute approximate surface area is 206 Å². The fraction of sp³-hybridized carbons (Fsp3) is 0.333. The van der Waals surface area contributed by atoms with E-state index in [2.05, 4.69) is 11.9 Å². The smallest absolute Gasteiger partial charge is 0.199 e. The SMILES string of the molecule is CN1CCN(/N=C2\CC(c3ccc(Cl)cc3Cl)Cc3c2c(=O)c2cc(Cl)ccc2n3O)CC1. The van der Waals surface area contributed by atoms with E-state index in [1.54, 1.807) is 24.3 Å². The molecular weight excluding hydrogens is 483 g/mol.